The molecule has 1 N–H and O–H groups in total. The van der Waals surface area contributed by atoms with Crippen molar-refractivity contribution in [2.45, 2.75) is 62.6 Å². The summed E-state index contributed by atoms with van der Waals surface area (Å²) >= 11 is 12.1. The van der Waals surface area contributed by atoms with E-state index in [4.69, 9.17) is 23.2 Å². The molecule has 0 spiro atoms. The maximum Gasteiger partial charge on any atom is 0.264 e. The van der Waals surface area contributed by atoms with Gasteiger partial charge in [-0.1, -0.05) is 72.8 Å². The first-order valence-electron chi connectivity index (χ1n) is 13.3. The summed E-state index contributed by atoms with van der Waals surface area (Å²) in [7, 11) is -4.14. The second-order valence-electron chi connectivity index (χ2n) is 9.97. The Kier molecular flexibility index (Phi) is 10.1. The molecule has 0 bridgehead atoms. The maximum atomic E-state index is 14.0. The van der Waals surface area contributed by atoms with Crippen molar-refractivity contribution in [2.75, 3.05) is 10.8 Å². The van der Waals surface area contributed by atoms with E-state index in [0.717, 1.165) is 42.0 Å². The number of carbonyl (C=O) groups is 2. The number of para-hydroxylation sites is 1. The van der Waals surface area contributed by atoms with Crippen molar-refractivity contribution >= 4 is 50.7 Å². The summed E-state index contributed by atoms with van der Waals surface area (Å²) in [5.41, 5.74) is 1.10. The number of hydrogen-bond donors (Lipinski definition) is 1. The number of rotatable bonds is 10. The lowest BCUT2D eigenvalue weighted by molar-refractivity contribution is -0.139. The van der Waals surface area contributed by atoms with Crippen LogP contribution >= 0.6 is 23.2 Å². The maximum absolute atomic E-state index is 14.0. The summed E-state index contributed by atoms with van der Waals surface area (Å²) in [6.07, 6.45) is 5.08. The van der Waals surface area contributed by atoms with Gasteiger partial charge in [0.2, 0.25) is 11.8 Å². The summed E-state index contributed by atoms with van der Waals surface area (Å²) in [6.45, 7) is 1.29. The second-order valence-corrected chi connectivity index (χ2v) is 12.7. The van der Waals surface area contributed by atoms with Gasteiger partial charge in [0.1, 0.15) is 12.6 Å². The standard InChI is InChI=1S/C30H33Cl2N3O4S/c1-22(30(37)33-26-8-4-2-5-9-26)34(20-23-12-14-24(31)15-13-23)29(36)21-35(27-10-6-3-7-11-27)40(38,39)28-18-16-25(32)17-19-28/h3,6-7,10-19,22,26H,2,4-5,8-9,20-21H2,1H3,(H,33,37). The van der Waals surface area contributed by atoms with Gasteiger partial charge in [0.25, 0.3) is 10.0 Å². The van der Waals surface area contributed by atoms with Crippen molar-refractivity contribution in [1.82, 2.24) is 10.2 Å². The molecule has 0 radical (unpaired) electrons. The lowest BCUT2D eigenvalue weighted by atomic mass is 9.95. The van der Waals surface area contributed by atoms with Gasteiger partial charge in [-0.15, -0.1) is 0 Å². The lowest BCUT2D eigenvalue weighted by Crippen LogP contribution is -2.53. The molecule has 1 aliphatic rings. The Bertz CT molecular complexity index is 1400. The Labute approximate surface area is 246 Å². The van der Waals surface area contributed by atoms with E-state index in [0.29, 0.717) is 15.7 Å². The Morgan fingerprint density at radius 3 is 2.05 bits per heavy atom. The largest absolute Gasteiger partial charge is 0.352 e. The Balaban J connectivity index is 1.65. The summed E-state index contributed by atoms with van der Waals surface area (Å²) < 4.78 is 28.6. The van der Waals surface area contributed by atoms with Crippen LogP contribution in [0, 0.1) is 0 Å². The minimum absolute atomic E-state index is 0.000828. The third-order valence-corrected chi connectivity index (χ3v) is 9.40. The molecule has 0 saturated heterocycles. The average molecular weight is 603 g/mol. The van der Waals surface area contributed by atoms with Crippen LogP contribution < -0.4 is 9.62 Å². The molecule has 2 amide bonds. The molecular formula is C30H33Cl2N3O4S. The highest BCUT2D eigenvalue weighted by Crippen LogP contribution is 2.26. The highest BCUT2D eigenvalue weighted by Gasteiger charge is 2.33. The van der Waals surface area contributed by atoms with Crippen molar-refractivity contribution in [3.05, 3.63) is 94.5 Å². The molecule has 10 heteroatoms. The number of halogens is 2. The predicted octanol–water partition coefficient (Wildman–Crippen LogP) is 6.05. The van der Waals surface area contributed by atoms with Crippen LogP contribution in [0.1, 0.15) is 44.6 Å². The van der Waals surface area contributed by atoms with Gasteiger partial charge < -0.3 is 10.2 Å². The third-order valence-electron chi connectivity index (χ3n) is 7.11. The summed E-state index contributed by atoms with van der Waals surface area (Å²) in [5.74, 6) is -0.774. The van der Waals surface area contributed by atoms with Crippen molar-refractivity contribution in [3.63, 3.8) is 0 Å². The van der Waals surface area contributed by atoms with Gasteiger partial charge >= 0.3 is 0 Å². The first-order chi connectivity index (χ1) is 19.1. The van der Waals surface area contributed by atoms with Crippen LogP contribution in [0.2, 0.25) is 10.0 Å². The Morgan fingerprint density at radius 1 is 0.875 bits per heavy atom. The molecule has 3 aromatic rings. The van der Waals surface area contributed by atoms with Crippen LogP contribution in [0.15, 0.2) is 83.8 Å². The highest BCUT2D eigenvalue weighted by molar-refractivity contribution is 7.92. The zero-order valence-corrected chi connectivity index (χ0v) is 24.6. The molecule has 40 heavy (non-hydrogen) atoms. The van der Waals surface area contributed by atoms with Crippen molar-refractivity contribution < 1.29 is 18.0 Å². The van der Waals surface area contributed by atoms with Crippen LogP contribution in [-0.2, 0) is 26.2 Å². The Morgan fingerprint density at radius 2 is 1.45 bits per heavy atom. The number of nitrogens with zero attached hydrogens (tertiary/aromatic N) is 2. The topological polar surface area (TPSA) is 86.8 Å². The van der Waals surface area contributed by atoms with E-state index in [-0.39, 0.29) is 23.4 Å². The number of benzene rings is 3. The number of hydrogen-bond acceptors (Lipinski definition) is 4. The fourth-order valence-corrected chi connectivity index (χ4v) is 6.46. The van der Waals surface area contributed by atoms with Gasteiger partial charge in [-0.3, -0.25) is 13.9 Å². The van der Waals surface area contributed by atoms with Crippen LogP contribution in [0.5, 0.6) is 0 Å². The quantitative estimate of drug-likeness (QED) is 0.306. The number of nitrogens with one attached hydrogen (secondary N) is 1. The van der Waals surface area contributed by atoms with Crippen LogP contribution in [0.25, 0.3) is 0 Å². The van der Waals surface area contributed by atoms with Gasteiger partial charge in [0, 0.05) is 22.6 Å². The molecule has 3 aromatic carbocycles. The van der Waals surface area contributed by atoms with E-state index in [1.807, 2.05) is 0 Å². The van der Waals surface area contributed by atoms with E-state index >= 15 is 0 Å². The molecular weight excluding hydrogens is 569 g/mol. The van der Waals surface area contributed by atoms with Crippen molar-refractivity contribution in [3.8, 4) is 0 Å². The summed E-state index contributed by atoms with van der Waals surface area (Å²) in [4.78, 5) is 28.7. The summed E-state index contributed by atoms with van der Waals surface area (Å²) in [5, 5.41) is 4.04. The fourth-order valence-electron chi connectivity index (χ4n) is 4.79. The minimum Gasteiger partial charge on any atom is -0.352 e. The van der Waals surface area contributed by atoms with Crippen LogP contribution in [0.3, 0.4) is 0 Å². The van der Waals surface area contributed by atoms with Gasteiger partial charge in [-0.25, -0.2) is 8.42 Å². The SMILES string of the molecule is CC(C(=O)NC1CCCCC1)N(Cc1ccc(Cl)cc1)C(=O)CN(c1ccccc1)S(=O)(=O)c1ccc(Cl)cc1. The van der Waals surface area contributed by atoms with E-state index in [2.05, 4.69) is 5.32 Å². The molecule has 1 fully saturated rings. The molecule has 1 saturated carbocycles. The Hall–Kier alpha value is -3.07. The molecule has 0 aromatic heterocycles. The van der Waals surface area contributed by atoms with E-state index in [1.54, 1.807) is 61.5 Å². The van der Waals surface area contributed by atoms with Gasteiger partial charge in [-0.05, 0) is 73.9 Å². The van der Waals surface area contributed by atoms with E-state index in [1.165, 1.54) is 29.2 Å². The minimum atomic E-state index is -4.14. The van der Waals surface area contributed by atoms with Crippen molar-refractivity contribution in [1.29, 1.82) is 0 Å². The summed E-state index contributed by atoms with van der Waals surface area (Å²) in [6, 6.07) is 20.5. The molecule has 1 aliphatic carbocycles. The molecule has 212 valence electrons. The molecule has 1 unspecified atom stereocenters. The lowest BCUT2D eigenvalue weighted by Gasteiger charge is -2.33. The monoisotopic (exact) mass is 601 g/mol. The molecule has 0 aliphatic heterocycles. The van der Waals surface area contributed by atoms with Gasteiger partial charge in [0.05, 0.1) is 10.6 Å². The normalized spacial score (nSPS) is 14.8. The first kappa shape index (κ1) is 29.9. The first-order valence-corrected chi connectivity index (χ1v) is 15.5. The smallest absolute Gasteiger partial charge is 0.264 e. The highest BCUT2D eigenvalue weighted by atomic mass is 35.5. The molecule has 7 nitrogen and oxygen atoms in total. The molecule has 4 rings (SSSR count). The van der Waals surface area contributed by atoms with Crippen LogP contribution in [0.4, 0.5) is 5.69 Å². The zero-order chi connectivity index (χ0) is 28.7. The number of amides is 2. The third kappa shape index (κ3) is 7.56. The van der Waals surface area contributed by atoms with Gasteiger partial charge in [-0.2, -0.15) is 0 Å². The molecule has 1 atom stereocenters. The van der Waals surface area contributed by atoms with Crippen LogP contribution in [-0.4, -0.2) is 43.8 Å². The predicted molar refractivity (Wildman–Crippen MR) is 159 cm³/mol. The fraction of sp³-hybridized carbons (Fsp3) is 0.333. The average Bonchev–Trinajstić information content (AvgIpc) is 2.96. The second kappa shape index (κ2) is 13.5. The van der Waals surface area contributed by atoms with E-state index < -0.39 is 28.5 Å². The number of carbonyl (C=O) groups excluding carboxylic acids is 2. The van der Waals surface area contributed by atoms with Crippen molar-refractivity contribution in [2.24, 2.45) is 0 Å². The zero-order valence-electron chi connectivity index (χ0n) is 22.3. The number of anilines is 1. The van der Waals surface area contributed by atoms with E-state index in [9.17, 15) is 18.0 Å². The molecule has 0 heterocycles. The van der Waals surface area contributed by atoms with Gasteiger partial charge in [0.15, 0.2) is 0 Å². The number of sulfonamides is 1.